The number of halogens is 1. The monoisotopic (exact) mass is 333 g/mol. The Kier molecular flexibility index (Phi) is 7.07. The molecule has 0 aromatic heterocycles. The van der Waals surface area contributed by atoms with E-state index < -0.39 is 6.10 Å². The smallest absolute Gasteiger partial charge is 0.246 e. The Morgan fingerprint density at radius 2 is 1.83 bits per heavy atom. The minimum atomic E-state index is -0.620. The number of amides is 1. The molecule has 4 nitrogen and oxygen atoms in total. The summed E-state index contributed by atoms with van der Waals surface area (Å²) in [5.74, 6) is -0.260. The summed E-state index contributed by atoms with van der Waals surface area (Å²) < 4.78 is 5.33. The van der Waals surface area contributed by atoms with Crippen molar-refractivity contribution < 1.29 is 14.6 Å². The van der Waals surface area contributed by atoms with Crippen molar-refractivity contribution in [3.8, 4) is 0 Å². The van der Waals surface area contributed by atoms with E-state index in [1.807, 2.05) is 48.5 Å². The van der Waals surface area contributed by atoms with Crippen molar-refractivity contribution in [3.05, 3.63) is 70.7 Å². The molecule has 0 aliphatic rings. The van der Waals surface area contributed by atoms with E-state index in [0.29, 0.717) is 11.4 Å². The first-order valence-corrected chi connectivity index (χ1v) is 7.83. The first-order chi connectivity index (χ1) is 11.1. The molecular formula is C18H20ClNO3. The van der Waals surface area contributed by atoms with E-state index in [9.17, 15) is 9.90 Å². The predicted molar refractivity (Wildman–Crippen MR) is 90.3 cm³/mol. The SMILES string of the molecule is O=C(COCc1ccccc1Cl)NCC(O)Cc1ccccc1. The highest BCUT2D eigenvalue weighted by Gasteiger charge is 2.08. The Bertz CT molecular complexity index is 619. The molecule has 0 saturated carbocycles. The van der Waals surface area contributed by atoms with Gasteiger partial charge in [0.05, 0.1) is 12.7 Å². The van der Waals surface area contributed by atoms with E-state index in [1.165, 1.54) is 0 Å². The fourth-order valence-corrected chi connectivity index (χ4v) is 2.30. The summed E-state index contributed by atoms with van der Waals surface area (Å²) in [7, 11) is 0. The van der Waals surface area contributed by atoms with E-state index in [1.54, 1.807) is 6.07 Å². The van der Waals surface area contributed by atoms with Crippen LogP contribution in [0.1, 0.15) is 11.1 Å². The van der Waals surface area contributed by atoms with Crippen LogP contribution >= 0.6 is 11.6 Å². The second kappa shape index (κ2) is 9.30. The second-order valence-corrected chi connectivity index (χ2v) is 5.64. The maximum absolute atomic E-state index is 11.7. The molecule has 0 fully saturated rings. The van der Waals surface area contributed by atoms with Crippen molar-refractivity contribution in [3.63, 3.8) is 0 Å². The van der Waals surface area contributed by atoms with Gasteiger partial charge in [-0.2, -0.15) is 0 Å². The van der Waals surface area contributed by atoms with Crippen LogP contribution in [0.25, 0.3) is 0 Å². The summed E-state index contributed by atoms with van der Waals surface area (Å²) in [4.78, 5) is 11.7. The first kappa shape index (κ1) is 17.5. The minimum absolute atomic E-state index is 0.0662. The van der Waals surface area contributed by atoms with Crippen molar-refractivity contribution in [1.82, 2.24) is 5.32 Å². The highest BCUT2D eigenvalue weighted by molar-refractivity contribution is 6.31. The highest BCUT2D eigenvalue weighted by Crippen LogP contribution is 2.15. The number of benzene rings is 2. The molecule has 0 radical (unpaired) electrons. The van der Waals surface area contributed by atoms with E-state index >= 15 is 0 Å². The van der Waals surface area contributed by atoms with Gasteiger partial charge in [-0.3, -0.25) is 4.79 Å². The zero-order valence-electron chi connectivity index (χ0n) is 12.7. The normalized spacial score (nSPS) is 11.9. The third-order valence-electron chi connectivity index (χ3n) is 3.30. The average Bonchev–Trinajstić information content (AvgIpc) is 2.56. The van der Waals surface area contributed by atoms with Crippen LogP contribution in [0, 0.1) is 0 Å². The van der Waals surface area contributed by atoms with E-state index in [2.05, 4.69) is 5.32 Å². The Hall–Kier alpha value is -1.88. The molecule has 0 saturated heterocycles. The molecule has 0 bridgehead atoms. The summed E-state index contributed by atoms with van der Waals surface area (Å²) in [6.07, 6.45) is -0.119. The average molecular weight is 334 g/mol. The first-order valence-electron chi connectivity index (χ1n) is 7.45. The van der Waals surface area contributed by atoms with Gasteiger partial charge in [0.15, 0.2) is 0 Å². The fraction of sp³-hybridized carbons (Fsp3) is 0.278. The number of carbonyl (C=O) groups excluding carboxylic acids is 1. The number of aliphatic hydroxyl groups excluding tert-OH is 1. The minimum Gasteiger partial charge on any atom is -0.391 e. The van der Waals surface area contributed by atoms with Crippen LogP contribution in [0.3, 0.4) is 0 Å². The lowest BCUT2D eigenvalue weighted by molar-refractivity contribution is -0.126. The molecule has 0 heterocycles. The number of carbonyl (C=O) groups is 1. The van der Waals surface area contributed by atoms with Gasteiger partial charge in [-0.15, -0.1) is 0 Å². The van der Waals surface area contributed by atoms with Gasteiger partial charge in [-0.1, -0.05) is 60.1 Å². The van der Waals surface area contributed by atoms with Gasteiger partial charge in [-0.25, -0.2) is 0 Å². The molecule has 2 rings (SSSR count). The van der Waals surface area contributed by atoms with Crippen molar-refractivity contribution in [1.29, 1.82) is 0 Å². The van der Waals surface area contributed by atoms with Gasteiger partial charge >= 0.3 is 0 Å². The Morgan fingerprint density at radius 1 is 1.13 bits per heavy atom. The van der Waals surface area contributed by atoms with Gasteiger partial charge in [0.25, 0.3) is 0 Å². The summed E-state index contributed by atoms with van der Waals surface area (Å²) in [5.41, 5.74) is 1.87. The molecule has 5 heteroatoms. The molecule has 0 aliphatic carbocycles. The van der Waals surface area contributed by atoms with Gasteiger partial charge in [0.1, 0.15) is 6.61 Å². The lowest BCUT2D eigenvalue weighted by Crippen LogP contribution is -2.35. The zero-order chi connectivity index (χ0) is 16.5. The summed E-state index contributed by atoms with van der Waals surface area (Å²) in [6.45, 7) is 0.409. The van der Waals surface area contributed by atoms with Crippen molar-refractivity contribution in [2.24, 2.45) is 0 Å². The molecule has 1 unspecified atom stereocenters. The second-order valence-electron chi connectivity index (χ2n) is 5.23. The molecule has 1 atom stereocenters. The molecule has 122 valence electrons. The van der Waals surface area contributed by atoms with Crippen molar-refractivity contribution >= 4 is 17.5 Å². The van der Waals surface area contributed by atoms with E-state index in [-0.39, 0.29) is 25.7 Å². The number of hydrogen-bond acceptors (Lipinski definition) is 3. The Labute approximate surface area is 141 Å². The van der Waals surface area contributed by atoms with Crippen LogP contribution in [0.5, 0.6) is 0 Å². The molecule has 2 aromatic carbocycles. The van der Waals surface area contributed by atoms with Gasteiger partial charge in [-0.05, 0) is 17.2 Å². The Balaban J connectivity index is 1.64. The lowest BCUT2D eigenvalue weighted by atomic mass is 10.1. The summed E-state index contributed by atoms with van der Waals surface area (Å²) in [5, 5.41) is 13.2. The Morgan fingerprint density at radius 3 is 2.57 bits per heavy atom. The largest absolute Gasteiger partial charge is 0.391 e. The molecule has 0 aliphatic heterocycles. The molecule has 23 heavy (non-hydrogen) atoms. The van der Waals surface area contributed by atoms with Crippen LogP contribution in [0.15, 0.2) is 54.6 Å². The van der Waals surface area contributed by atoms with Crippen LogP contribution < -0.4 is 5.32 Å². The fourth-order valence-electron chi connectivity index (χ4n) is 2.11. The molecule has 1 amide bonds. The maximum atomic E-state index is 11.7. The van der Waals surface area contributed by atoms with E-state index in [0.717, 1.165) is 11.1 Å². The number of nitrogens with one attached hydrogen (secondary N) is 1. The molecule has 2 N–H and O–H groups in total. The van der Waals surface area contributed by atoms with Crippen LogP contribution in [-0.2, 0) is 22.6 Å². The van der Waals surface area contributed by atoms with Crippen molar-refractivity contribution in [2.75, 3.05) is 13.2 Å². The summed E-state index contributed by atoms with van der Waals surface area (Å²) in [6, 6.07) is 17.0. The van der Waals surface area contributed by atoms with Gasteiger partial charge in [0, 0.05) is 18.0 Å². The maximum Gasteiger partial charge on any atom is 0.246 e. The van der Waals surface area contributed by atoms with Crippen LogP contribution in [-0.4, -0.2) is 30.3 Å². The topological polar surface area (TPSA) is 58.6 Å². The lowest BCUT2D eigenvalue weighted by Gasteiger charge is -2.12. The van der Waals surface area contributed by atoms with Crippen LogP contribution in [0.2, 0.25) is 5.02 Å². The highest BCUT2D eigenvalue weighted by atomic mass is 35.5. The predicted octanol–water partition coefficient (Wildman–Crippen LogP) is 2.58. The number of aliphatic hydroxyl groups is 1. The quantitative estimate of drug-likeness (QED) is 0.780. The molecule has 2 aromatic rings. The van der Waals surface area contributed by atoms with Gasteiger partial charge in [0.2, 0.25) is 5.91 Å². The summed E-state index contributed by atoms with van der Waals surface area (Å²) >= 11 is 6.01. The van der Waals surface area contributed by atoms with E-state index in [4.69, 9.17) is 16.3 Å². The van der Waals surface area contributed by atoms with Gasteiger partial charge < -0.3 is 15.2 Å². The zero-order valence-corrected chi connectivity index (χ0v) is 13.5. The van der Waals surface area contributed by atoms with Crippen molar-refractivity contribution in [2.45, 2.75) is 19.1 Å². The third-order valence-corrected chi connectivity index (χ3v) is 3.67. The standard InChI is InChI=1S/C18H20ClNO3/c19-17-9-5-4-8-15(17)12-23-13-18(22)20-11-16(21)10-14-6-2-1-3-7-14/h1-9,16,21H,10-13H2,(H,20,22). The number of ether oxygens (including phenoxy) is 1. The number of hydrogen-bond donors (Lipinski definition) is 2. The molecule has 0 spiro atoms. The molecular weight excluding hydrogens is 314 g/mol. The number of rotatable bonds is 8. The third kappa shape index (κ3) is 6.40. The van der Waals surface area contributed by atoms with Crippen LogP contribution in [0.4, 0.5) is 0 Å².